The van der Waals surface area contributed by atoms with Gasteiger partial charge in [-0.05, 0) is 31.4 Å². The lowest BCUT2D eigenvalue weighted by molar-refractivity contribution is 0.101. The van der Waals surface area contributed by atoms with Crippen molar-refractivity contribution in [3.8, 4) is 11.5 Å². The number of Topliss-reactive ketones (excluding diaryl/α,β-unsaturated/α-hetero) is 1. The Kier molecular flexibility index (Phi) is 2.38. The molecule has 0 aliphatic carbocycles. The summed E-state index contributed by atoms with van der Waals surface area (Å²) in [5.74, 6) is -1.06. The lowest BCUT2D eigenvalue weighted by atomic mass is 10.0. The van der Waals surface area contributed by atoms with Crippen LogP contribution in [0.4, 0.5) is 0 Å². The Bertz CT molecular complexity index is 681. The third-order valence-corrected chi connectivity index (χ3v) is 2.48. The molecule has 88 valence electrons. The Morgan fingerprint density at radius 2 is 1.94 bits per heavy atom. The van der Waals surface area contributed by atoms with Gasteiger partial charge in [-0.25, -0.2) is 4.79 Å². The summed E-state index contributed by atoms with van der Waals surface area (Å²) in [4.78, 5) is 22.8. The fourth-order valence-electron chi connectivity index (χ4n) is 1.80. The van der Waals surface area contributed by atoms with Gasteiger partial charge in [0.1, 0.15) is 28.2 Å². The average Bonchev–Trinajstić information content (AvgIpc) is 2.13. The second-order valence-electron chi connectivity index (χ2n) is 3.78. The third kappa shape index (κ3) is 1.65. The molecule has 5 heteroatoms. The normalized spacial score (nSPS) is 10.7. The van der Waals surface area contributed by atoms with Crippen molar-refractivity contribution in [3.63, 3.8) is 0 Å². The molecule has 0 unspecified atom stereocenters. The number of phenolic OH excluding ortho intramolecular Hbond substituents is 2. The SMILES string of the molecule is CC(=O)c1c(O)cc2cc(C)oc(=O)c2c1O. The van der Waals surface area contributed by atoms with Crippen molar-refractivity contribution in [3.05, 3.63) is 33.9 Å². The molecule has 17 heavy (non-hydrogen) atoms. The van der Waals surface area contributed by atoms with E-state index in [1.165, 1.54) is 19.1 Å². The summed E-state index contributed by atoms with van der Waals surface area (Å²) in [5, 5.41) is 19.7. The number of fused-ring (bicyclic) bond motifs is 1. The largest absolute Gasteiger partial charge is 0.507 e. The molecule has 0 radical (unpaired) electrons. The van der Waals surface area contributed by atoms with Crippen LogP contribution in [-0.2, 0) is 0 Å². The number of aromatic hydroxyl groups is 2. The number of hydrogen-bond donors (Lipinski definition) is 2. The lowest BCUT2D eigenvalue weighted by Gasteiger charge is -2.07. The van der Waals surface area contributed by atoms with Crippen LogP contribution in [0.1, 0.15) is 23.0 Å². The van der Waals surface area contributed by atoms with Crippen LogP contribution in [0.25, 0.3) is 10.8 Å². The van der Waals surface area contributed by atoms with E-state index in [4.69, 9.17) is 4.42 Å². The van der Waals surface area contributed by atoms with Crippen LogP contribution >= 0.6 is 0 Å². The molecule has 1 heterocycles. The van der Waals surface area contributed by atoms with Gasteiger partial charge in [0, 0.05) is 0 Å². The molecule has 0 saturated carbocycles. The summed E-state index contributed by atoms with van der Waals surface area (Å²) in [6, 6.07) is 2.76. The van der Waals surface area contributed by atoms with E-state index >= 15 is 0 Å². The number of carbonyl (C=O) groups is 1. The number of hydrogen-bond acceptors (Lipinski definition) is 5. The summed E-state index contributed by atoms with van der Waals surface area (Å²) in [5.41, 5.74) is -1.01. The van der Waals surface area contributed by atoms with E-state index in [2.05, 4.69) is 0 Å². The monoisotopic (exact) mass is 234 g/mol. The van der Waals surface area contributed by atoms with Gasteiger partial charge in [0.05, 0.1) is 0 Å². The van der Waals surface area contributed by atoms with Crippen molar-refractivity contribution >= 4 is 16.6 Å². The number of carbonyl (C=O) groups excluding carboxylic acids is 1. The topological polar surface area (TPSA) is 87.7 Å². The fourth-order valence-corrected chi connectivity index (χ4v) is 1.80. The summed E-state index contributed by atoms with van der Waals surface area (Å²) in [6.07, 6.45) is 0. The molecule has 2 N–H and O–H groups in total. The van der Waals surface area contributed by atoms with E-state index < -0.39 is 17.2 Å². The molecule has 2 rings (SSSR count). The van der Waals surface area contributed by atoms with E-state index in [9.17, 15) is 19.8 Å². The molecular formula is C12H10O5. The first-order valence-corrected chi connectivity index (χ1v) is 4.92. The highest BCUT2D eigenvalue weighted by atomic mass is 16.4. The number of rotatable bonds is 1. The molecule has 0 amide bonds. The second kappa shape index (κ2) is 3.62. The summed E-state index contributed by atoms with van der Waals surface area (Å²) in [7, 11) is 0. The van der Waals surface area contributed by atoms with Gasteiger partial charge in [0.15, 0.2) is 5.78 Å². The molecule has 0 atom stereocenters. The molecular weight excluding hydrogens is 224 g/mol. The van der Waals surface area contributed by atoms with Gasteiger partial charge in [-0.1, -0.05) is 0 Å². The zero-order valence-electron chi connectivity index (χ0n) is 9.27. The molecule has 0 aliphatic heterocycles. The first-order valence-electron chi connectivity index (χ1n) is 4.92. The van der Waals surface area contributed by atoms with Crippen molar-refractivity contribution in [2.75, 3.05) is 0 Å². The first-order chi connectivity index (χ1) is 7.91. The minimum Gasteiger partial charge on any atom is -0.507 e. The minimum atomic E-state index is -0.736. The van der Waals surface area contributed by atoms with Gasteiger partial charge in [0.25, 0.3) is 0 Å². The van der Waals surface area contributed by atoms with Crippen LogP contribution in [0.15, 0.2) is 21.3 Å². The van der Waals surface area contributed by atoms with E-state index in [0.29, 0.717) is 11.1 Å². The number of phenols is 2. The quantitative estimate of drug-likeness (QED) is 0.733. The molecule has 5 nitrogen and oxygen atoms in total. The highest BCUT2D eigenvalue weighted by Gasteiger charge is 2.19. The molecule has 2 aromatic rings. The van der Waals surface area contributed by atoms with Crippen LogP contribution in [0.3, 0.4) is 0 Å². The van der Waals surface area contributed by atoms with Crippen molar-refractivity contribution < 1.29 is 19.4 Å². The van der Waals surface area contributed by atoms with Crippen molar-refractivity contribution in [1.29, 1.82) is 0 Å². The molecule has 0 saturated heterocycles. The molecule has 1 aromatic heterocycles. The van der Waals surface area contributed by atoms with Crippen LogP contribution < -0.4 is 5.63 Å². The molecule has 0 spiro atoms. The third-order valence-electron chi connectivity index (χ3n) is 2.48. The zero-order valence-corrected chi connectivity index (χ0v) is 9.27. The predicted molar refractivity (Wildman–Crippen MR) is 60.6 cm³/mol. The summed E-state index contributed by atoms with van der Waals surface area (Å²) < 4.78 is 4.84. The Morgan fingerprint density at radius 3 is 2.53 bits per heavy atom. The van der Waals surface area contributed by atoms with Crippen LogP contribution in [0, 0.1) is 6.92 Å². The molecule has 1 aromatic carbocycles. The van der Waals surface area contributed by atoms with Crippen molar-refractivity contribution in [2.24, 2.45) is 0 Å². The van der Waals surface area contributed by atoms with E-state index in [1.807, 2.05) is 0 Å². The highest BCUT2D eigenvalue weighted by molar-refractivity contribution is 6.05. The van der Waals surface area contributed by atoms with E-state index in [1.54, 1.807) is 6.92 Å². The second-order valence-corrected chi connectivity index (χ2v) is 3.78. The van der Waals surface area contributed by atoms with Crippen LogP contribution in [-0.4, -0.2) is 16.0 Å². The van der Waals surface area contributed by atoms with Gasteiger partial charge in [-0.2, -0.15) is 0 Å². The van der Waals surface area contributed by atoms with Crippen LogP contribution in [0.2, 0.25) is 0 Å². The minimum absolute atomic E-state index is 0.0985. The summed E-state index contributed by atoms with van der Waals surface area (Å²) in [6.45, 7) is 2.77. The summed E-state index contributed by atoms with van der Waals surface area (Å²) >= 11 is 0. The maximum absolute atomic E-state index is 11.6. The standard InChI is InChI=1S/C12H10O5/c1-5-3-7-4-8(14)9(6(2)13)11(15)10(7)12(16)17-5/h3-4,14-15H,1-2H3. The predicted octanol–water partition coefficient (Wildman–Crippen LogP) is 1.72. The smallest absolute Gasteiger partial charge is 0.347 e. The van der Waals surface area contributed by atoms with Crippen molar-refractivity contribution in [1.82, 2.24) is 0 Å². The Morgan fingerprint density at radius 1 is 1.29 bits per heavy atom. The van der Waals surface area contributed by atoms with E-state index in [-0.39, 0.29) is 16.7 Å². The number of benzene rings is 1. The van der Waals surface area contributed by atoms with Gasteiger partial charge in [-0.15, -0.1) is 0 Å². The maximum atomic E-state index is 11.6. The Hall–Kier alpha value is -2.30. The average molecular weight is 234 g/mol. The van der Waals surface area contributed by atoms with Gasteiger partial charge < -0.3 is 14.6 Å². The van der Waals surface area contributed by atoms with Crippen LogP contribution in [0.5, 0.6) is 11.5 Å². The van der Waals surface area contributed by atoms with Crippen molar-refractivity contribution in [2.45, 2.75) is 13.8 Å². The van der Waals surface area contributed by atoms with Gasteiger partial charge in [0.2, 0.25) is 0 Å². The molecule has 0 fully saturated rings. The number of ketones is 1. The Balaban J connectivity index is 3.03. The zero-order chi connectivity index (χ0) is 12.7. The van der Waals surface area contributed by atoms with Gasteiger partial charge in [-0.3, -0.25) is 4.79 Å². The van der Waals surface area contributed by atoms with Gasteiger partial charge >= 0.3 is 5.63 Å². The van der Waals surface area contributed by atoms with E-state index in [0.717, 1.165) is 0 Å². The first kappa shape index (κ1) is 11.2. The Labute approximate surface area is 95.9 Å². The maximum Gasteiger partial charge on any atom is 0.347 e. The number of aryl methyl sites for hydroxylation is 1. The fraction of sp³-hybridized carbons (Fsp3) is 0.167. The lowest BCUT2D eigenvalue weighted by Crippen LogP contribution is -2.04. The highest BCUT2D eigenvalue weighted by Crippen LogP contribution is 2.34. The molecule has 0 bridgehead atoms. The molecule has 0 aliphatic rings.